The molecule has 3 rings (SSSR count). The minimum absolute atomic E-state index is 0.0946. The molecule has 0 spiro atoms. The summed E-state index contributed by atoms with van der Waals surface area (Å²) in [5.74, 6) is 0.534. The second-order valence-electron chi connectivity index (χ2n) is 8.16. The number of ether oxygens (including phenoxy) is 1. The summed E-state index contributed by atoms with van der Waals surface area (Å²) in [6.07, 6.45) is 2.90. The van der Waals surface area contributed by atoms with Crippen LogP contribution in [0.1, 0.15) is 53.4 Å². The lowest BCUT2D eigenvalue weighted by molar-refractivity contribution is -0.233. The van der Waals surface area contributed by atoms with Gasteiger partial charge in [0.1, 0.15) is 0 Å². The molecule has 1 aliphatic heterocycles. The summed E-state index contributed by atoms with van der Waals surface area (Å²) in [7, 11) is 0. The molecule has 0 aromatic carbocycles. The first kappa shape index (κ1) is 13.8. The van der Waals surface area contributed by atoms with E-state index in [0.717, 1.165) is 25.9 Å². The van der Waals surface area contributed by atoms with Gasteiger partial charge in [0, 0.05) is 18.4 Å². The maximum absolute atomic E-state index is 10.7. The van der Waals surface area contributed by atoms with Crippen molar-refractivity contribution in [2.45, 2.75) is 71.2 Å². The molecule has 0 bridgehead atoms. The molecule has 1 heterocycles. The molecule has 3 heteroatoms. The zero-order chi connectivity index (χ0) is 14.1. The van der Waals surface area contributed by atoms with E-state index in [0.29, 0.717) is 12.3 Å². The van der Waals surface area contributed by atoms with Crippen LogP contribution < -0.4 is 0 Å². The largest absolute Gasteiger partial charge is 0.393 e. The number of rotatable bonds is 0. The smallest absolute Gasteiger partial charge is 0.0714 e. The molecule has 2 N–H and O–H groups in total. The molecule has 1 saturated heterocycles. The van der Waals surface area contributed by atoms with E-state index in [1.165, 1.54) is 0 Å². The highest BCUT2D eigenvalue weighted by molar-refractivity contribution is 5.15. The summed E-state index contributed by atoms with van der Waals surface area (Å²) in [4.78, 5) is 0. The Morgan fingerprint density at radius 3 is 2.42 bits per heavy atom. The van der Waals surface area contributed by atoms with Crippen LogP contribution >= 0.6 is 0 Å². The van der Waals surface area contributed by atoms with Crippen LogP contribution in [-0.2, 0) is 4.74 Å². The highest BCUT2D eigenvalue weighted by Gasteiger charge is 2.66. The monoisotopic (exact) mass is 268 g/mol. The van der Waals surface area contributed by atoms with Crippen molar-refractivity contribution in [3.63, 3.8) is 0 Å². The second kappa shape index (κ2) is 3.96. The van der Waals surface area contributed by atoms with Crippen molar-refractivity contribution >= 4 is 0 Å². The Morgan fingerprint density at radius 1 is 1.05 bits per heavy atom. The van der Waals surface area contributed by atoms with Gasteiger partial charge in [-0.3, -0.25) is 0 Å². The Bertz CT molecular complexity index is 380. The van der Waals surface area contributed by atoms with E-state index in [2.05, 4.69) is 27.7 Å². The molecule has 2 aliphatic carbocycles. The van der Waals surface area contributed by atoms with Gasteiger partial charge in [0.05, 0.1) is 17.8 Å². The van der Waals surface area contributed by atoms with Crippen molar-refractivity contribution in [1.82, 2.24) is 0 Å². The molecule has 3 fully saturated rings. The van der Waals surface area contributed by atoms with Gasteiger partial charge in [-0.05, 0) is 43.4 Å². The summed E-state index contributed by atoms with van der Waals surface area (Å²) in [5.41, 5.74) is -0.374. The van der Waals surface area contributed by atoms with E-state index in [-0.39, 0.29) is 34.6 Å². The van der Waals surface area contributed by atoms with Crippen LogP contribution in [-0.4, -0.2) is 34.6 Å². The summed E-state index contributed by atoms with van der Waals surface area (Å²) in [5, 5.41) is 21.5. The molecule has 3 aliphatic rings. The molecule has 0 aromatic rings. The van der Waals surface area contributed by atoms with Gasteiger partial charge in [0.2, 0.25) is 0 Å². The van der Waals surface area contributed by atoms with Crippen LogP contribution in [0, 0.1) is 22.7 Å². The molecule has 3 nitrogen and oxygen atoms in total. The Kier molecular flexibility index (Phi) is 2.88. The van der Waals surface area contributed by atoms with Crippen molar-refractivity contribution in [3.8, 4) is 0 Å². The van der Waals surface area contributed by atoms with E-state index in [1.807, 2.05) is 0 Å². The zero-order valence-electron chi connectivity index (χ0n) is 12.6. The first-order valence-electron chi connectivity index (χ1n) is 7.72. The quantitative estimate of drug-likeness (QED) is 0.709. The summed E-state index contributed by atoms with van der Waals surface area (Å²) in [6, 6.07) is 0. The Morgan fingerprint density at radius 2 is 1.74 bits per heavy atom. The molecule has 0 aromatic heterocycles. The van der Waals surface area contributed by atoms with Gasteiger partial charge < -0.3 is 14.9 Å². The standard InChI is InChI=1S/C16H28O3/c1-14(2)7-5-12(18)16(4)11-6-8-19-15(11,3)9-10(17)13(14)16/h10-13,17-18H,5-9H2,1-4H3/t10-,11+,12-,13-,15+,16-/m0/s1. The predicted octanol–water partition coefficient (Wildman–Crippen LogP) is 2.35. The van der Waals surface area contributed by atoms with Gasteiger partial charge in [0.25, 0.3) is 0 Å². The predicted molar refractivity (Wildman–Crippen MR) is 73.7 cm³/mol. The lowest BCUT2D eigenvalue weighted by Crippen LogP contribution is -2.65. The van der Waals surface area contributed by atoms with Crippen molar-refractivity contribution in [2.24, 2.45) is 22.7 Å². The third-order valence-corrected chi connectivity index (χ3v) is 6.62. The van der Waals surface area contributed by atoms with E-state index in [9.17, 15) is 10.2 Å². The third-order valence-electron chi connectivity index (χ3n) is 6.62. The number of aliphatic hydroxyl groups excluding tert-OH is 2. The van der Waals surface area contributed by atoms with Crippen molar-refractivity contribution < 1.29 is 14.9 Å². The molecule has 0 amide bonds. The number of fused-ring (bicyclic) bond motifs is 3. The summed E-state index contributed by atoms with van der Waals surface area (Å²) < 4.78 is 5.97. The van der Waals surface area contributed by atoms with Gasteiger partial charge in [-0.25, -0.2) is 0 Å². The fourth-order valence-electron chi connectivity index (χ4n) is 5.93. The average Bonchev–Trinajstić information content (AvgIpc) is 2.66. The maximum atomic E-state index is 10.7. The SMILES string of the molecule is CC1(C)CC[C@H](O)[C@@]2(C)[C@H]1[C@@H](O)C[C@@]1(C)OCC[C@@H]21. The molecule has 19 heavy (non-hydrogen) atoms. The number of aliphatic hydroxyl groups is 2. The van der Waals surface area contributed by atoms with Crippen LogP contribution in [0.5, 0.6) is 0 Å². The molecule has 0 unspecified atom stereocenters. The normalized spacial score (nSPS) is 56.5. The first-order valence-corrected chi connectivity index (χ1v) is 7.72. The Hall–Kier alpha value is -0.120. The van der Waals surface area contributed by atoms with Crippen LogP contribution in [0.2, 0.25) is 0 Å². The zero-order valence-corrected chi connectivity index (χ0v) is 12.6. The molecular formula is C16H28O3. The van der Waals surface area contributed by atoms with E-state index in [4.69, 9.17) is 4.74 Å². The molecule has 6 atom stereocenters. The number of hydrogen-bond acceptors (Lipinski definition) is 3. The van der Waals surface area contributed by atoms with Crippen LogP contribution in [0.25, 0.3) is 0 Å². The van der Waals surface area contributed by atoms with E-state index in [1.54, 1.807) is 0 Å². The van der Waals surface area contributed by atoms with Gasteiger partial charge in [0.15, 0.2) is 0 Å². The minimum atomic E-state index is -0.366. The van der Waals surface area contributed by atoms with Crippen LogP contribution in [0.15, 0.2) is 0 Å². The highest BCUT2D eigenvalue weighted by Crippen LogP contribution is 2.64. The Balaban J connectivity index is 2.09. The van der Waals surface area contributed by atoms with Crippen molar-refractivity contribution in [3.05, 3.63) is 0 Å². The Labute approximate surface area is 116 Å². The molecule has 2 saturated carbocycles. The van der Waals surface area contributed by atoms with Crippen LogP contribution in [0.3, 0.4) is 0 Å². The lowest BCUT2D eigenvalue weighted by atomic mass is 9.44. The second-order valence-corrected chi connectivity index (χ2v) is 8.16. The van der Waals surface area contributed by atoms with Gasteiger partial charge in [-0.15, -0.1) is 0 Å². The topological polar surface area (TPSA) is 49.7 Å². The molecular weight excluding hydrogens is 240 g/mol. The van der Waals surface area contributed by atoms with E-state index < -0.39 is 0 Å². The third kappa shape index (κ3) is 1.68. The number of hydrogen-bond donors (Lipinski definition) is 2. The maximum Gasteiger partial charge on any atom is 0.0714 e. The van der Waals surface area contributed by atoms with Crippen molar-refractivity contribution in [2.75, 3.05) is 6.61 Å². The highest BCUT2D eigenvalue weighted by atomic mass is 16.5. The van der Waals surface area contributed by atoms with Gasteiger partial charge in [-0.2, -0.15) is 0 Å². The fraction of sp³-hybridized carbons (Fsp3) is 1.00. The molecule has 0 radical (unpaired) electrons. The molecule has 110 valence electrons. The lowest BCUT2D eigenvalue weighted by Gasteiger charge is -2.63. The van der Waals surface area contributed by atoms with E-state index >= 15 is 0 Å². The summed E-state index contributed by atoms with van der Waals surface area (Å²) in [6.45, 7) is 9.60. The van der Waals surface area contributed by atoms with Gasteiger partial charge in [-0.1, -0.05) is 20.8 Å². The van der Waals surface area contributed by atoms with Gasteiger partial charge >= 0.3 is 0 Å². The van der Waals surface area contributed by atoms with Crippen LogP contribution in [0.4, 0.5) is 0 Å². The summed E-state index contributed by atoms with van der Waals surface area (Å²) >= 11 is 0. The van der Waals surface area contributed by atoms with Crippen molar-refractivity contribution in [1.29, 1.82) is 0 Å². The fourth-order valence-corrected chi connectivity index (χ4v) is 5.93. The first-order chi connectivity index (χ1) is 8.72. The minimum Gasteiger partial charge on any atom is -0.393 e. The average molecular weight is 268 g/mol.